The SMILES string of the molecule is CN1/C(=N/C2CCCC2)SCC1CC(=O)Nc1cc([N+](=O)[O-])ccc1F.Cl. The van der Waals surface area contributed by atoms with Crippen LogP contribution >= 0.6 is 24.2 Å². The molecule has 1 amide bonds. The van der Waals surface area contributed by atoms with Gasteiger partial charge in [0.25, 0.3) is 5.69 Å². The van der Waals surface area contributed by atoms with Gasteiger partial charge in [0.15, 0.2) is 5.17 Å². The third-order valence-corrected chi connectivity index (χ3v) is 5.93. The molecule has 1 atom stereocenters. The number of benzene rings is 1. The Bertz CT molecular complexity index is 743. The number of amides is 1. The van der Waals surface area contributed by atoms with E-state index < -0.39 is 10.7 Å². The summed E-state index contributed by atoms with van der Waals surface area (Å²) in [6.07, 6.45) is 4.85. The largest absolute Gasteiger partial charge is 0.350 e. The van der Waals surface area contributed by atoms with Crippen LogP contribution in [0.1, 0.15) is 32.1 Å². The fourth-order valence-corrected chi connectivity index (χ4v) is 4.45. The van der Waals surface area contributed by atoms with Gasteiger partial charge in [0.1, 0.15) is 5.82 Å². The van der Waals surface area contributed by atoms with Gasteiger partial charge in [-0.3, -0.25) is 19.9 Å². The molecule has 0 bridgehead atoms. The van der Waals surface area contributed by atoms with Gasteiger partial charge in [0.05, 0.1) is 16.7 Å². The maximum atomic E-state index is 13.8. The summed E-state index contributed by atoms with van der Waals surface area (Å²) in [5.74, 6) is -0.321. The number of rotatable bonds is 5. The number of aliphatic imine (C=N–C) groups is 1. The number of hydrogen-bond donors (Lipinski definition) is 1. The second-order valence-electron chi connectivity index (χ2n) is 6.60. The number of carbonyl (C=O) groups is 1. The Balaban J connectivity index is 0.00000261. The molecule has 2 aliphatic rings. The molecular weight excluding hydrogens is 395 g/mol. The zero-order valence-electron chi connectivity index (χ0n) is 14.9. The van der Waals surface area contributed by atoms with Crippen molar-refractivity contribution in [1.29, 1.82) is 0 Å². The van der Waals surface area contributed by atoms with Crippen LogP contribution in [0.5, 0.6) is 0 Å². The number of non-ortho nitro benzene ring substituents is 1. The lowest BCUT2D eigenvalue weighted by atomic mass is 10.2. The monoisotopic (exact) mass is 416 g/mol. The number of hydrogen-bond acceptors (Lipinski definition) is 5. The molecule has 0 spiro atoms. The Hall–Kier alpha value is -1.87. The first-order valence-corrected chi connectivity index (χ1v) is 9.60. The molecule has 7 nitrogen and oxygen atoms in total. The van der Waals surface area contributed by atoms with Crippen LogP contribution in [-0.4, -0.2) is 45.8 Å². The molecule has 1 saturated carbocycles. The first-order chi connectivity index (χ1) is 12.4. The smallest absolute Gasteiger partial charge is 0.271 e. The summed E-state index contributed by atoms with van der Waals surface area (Å²) in [5, 5.41) is 14.2. The van der Waals surface area contributed by atoms with Gasteiger partial charge >= 0.3 is 0 Å². The van der Waals surface area contributed by atoms with Gasteiger partial charge in [-0.15, -0.1) is 12.4 Å². The van der Waals surface area contributed by atoms with Gasteiger partial charge in [0.2, 0.25) is 5.91 Å². The molecule has 1 aliphatic heterocycles. The van der Waals surface area contributed by atoms with Crippen molar-refractivity contribution in [3.05, 3.63) is 34.1 Å². The Morgan fingerprint density at radius 1 is 1.44 bits per heavy atom. The second kappa shape index (κ2) is 9.36. The van der Waals surface area contributed by atoms with Gasteiger partial charge in [-0.05, 0) is 18.9 Å². The highest BCUT2D eigenvalue weighted by molar-refractivity contribution is 8.14. The van der Waals surface area contributed by atoms with Crippen molar-refractivity contribution < 1.29 is 14.1 Å². The number of anilines is 1. The number of thioether (sulfide) groups is 1. The van der Waals surface area contributed by atoms with Crippen molar-refractivity contribution in [3.8, 4) is 0 Å². The number of amidine groups is 1. The third kappa shape index (κ3) is 5.32. The fourth-order valence-electron chi connectivity index (χ4n) is 3.19. The maximum absolute atomic E-state index is 13.8. The zero-order valence-corrected chi connectivity index (χ0v) is 16.5. The summed E-state index contributed by atoms with van der Waals surface area (Å²) in [4.78, 5) is 29.2. The third-order valence-electron chi connectivity index (χ3n) is 4.73. The minimum atomic E-state index is -0.693. The Kier molecular flexibility index (Phi) is 7.43. The van der Waals surface area contributed by atoms with E-state index in [2.05, 4.69) is 5.32 Å². The van der Waals surface area contributed by atoms with Crippen LogP contribution in [0.15, 0.2) is 23.2 Å². The molecule has 10 heteroatoms. The minimum Gasteiger partial charge on any atom is -0.350 e. The molecule has 0 aromatic heterocycles. The van der Waals surface area contributed by atoms with Crippen molar-refractivity contribution >= 4 is 46.6 Å². The predicted molar refractivity (Wildman–Crippen MR) is 107 cm³/mol. The van der Waals surface area contributed by atoms with Crippen LogP contribution < -0.4 is 5.32 Å². The van der Waals surface area contributed by atoms with Crippen molar-refractivity contribution in [2.24, 2.45) is 4.99 Å². The van der Waals surface area contributed by atoms with Gasteiger partial charge < -0.3 is 10.2 Å². The Labute approximate surface area is 167 Å². The van der Waals surface area contributed by atoms with Crippen LogP contribution in [-0.2, 0) is 4.79 Å². The first kappa shape index (κ1) is 21.4. The van der Waals surface area contributed by atoms with Crippen LogP contribution in [0, 0.1) is 15.9 Å². The average molecular weight is 417 g/mol. The van der Waals surface area contributed by atoms with Gasteiger partial charge in [-0.1, -0.05) is 24.6 Å². The lowest BCUT2D eigenvalue weighted by Crippen LogP contribution is -2.34. The van der Waals surface area contributed by atoms with E-state index in [0.29, 0.717) is 6.04 Å². The molecule has 1 unspecified atom stereocenters. The quantitative estimate of drug-likeness (QED) is 0.582. The molecule has 1 aromatic rings. The van der Waals surface area contributed by atoms with E-state index >= 15 is 0 Å². The van der Waals surface area contributed by atoms with Crippen molar-refractivity contribution in [2.75, 3.05) is 18.1 Å². The summed E-state index contributed by atoms with van der Waals surface area (Å²) in [7, 11) is 1.92. The van der Waals surface area contributed by atoms with E-state index in [0.717, 1.165) is 42.0 Å². The molecule has 1 saturated heterocycles. The second-order valence-corrected chi connectivity index (χ2v) is 7.59. The summed E-state index contributed by atoms with van der Waals surface area (Å²) >= 11 is 1.64. The number of carbonyl (C=O) groups excluding carboxylic acids is 1. The number of nitrogens with one attached hydrogen (secondary N) is 1. The van der Waals surface area contributed by atoms with E-state index in [1.165, 1.54) is 12.8 Å². The fraction of sp³-hybridized carbons (Fsp3) is 0.529. The molecule has 2 fully saturated rings. The summed E-state index contributed by atoms with van der Waals surface area (Å²) in [5.41, 5.74) is -0.432. The molecule has 1 N–H and O–H groups in total. The lowest BCUT2D eigenvalue weighted by Gasteiger charge is -2.21. The first-order valence-electron chi connectivity index (χ1n) is 8.61. The molecule has 27 heavy (non-hydrogen) atoms. The number of nitrogens with zero attached hydrogens (tertiary/aromatic N) is 3. The number of nitro benzene ring substituents is 1. The molecule has 148 valence electrons. The van der Waals surface area contributed by atoms with Crippen molar-refractivity contribution in [3.63, 3.8) is 0 Å². The predicted octanol–water partition coefficient (Wildman–Crippen LogP) is 3.83. The van der Waals surface area contributed by atoms with Crippen LogP contribution in [0.2, 0.25) is 0 Å². The average Bonchev–Trinajstić information content (AvgIpc) is 3.22. The summed E-state index contributed by atoms with van der Waals surface area (Å²) < 4.78 is 13.8. The van der Waals surface area contributed by atoms with Crippen LogP contribution in [0.3, 0.4) is 0 Å². The highest BCUT2D eigenvalue weighted by Crippen LogP contribution is 2.29. The lowest BCUT2D eigenvalue weighted by molar-refractivity contribution is -0.384. The van der Waals surface area contributed by atoms with E-state index in [1.807, 2.05) is 11.9 Å². The normalized spacial score (nSPS) is 21.3. The maximum Gasteiger partial charge on any atom is 0.271 e. The zero-order chi connectivity index (χ0) is 18.7. The highest BCUT2D eigenvalue weighted by Gasteiger charge is 2.30. The minimum absolute atomic E-state index is 0. The number of nitro groups is 1. The van der Waals surface area contributed by atoms with Gasteiger partial charge in [0, 0.05) is 37.4 Å². The standard InChI is InChI=1S/C17H21FN4O3S.ClH/c1-21-13(10-26-17(21)19-11-4-2-3-5-11)9-16(23)20-15-8-12(22(24)25)6-7-14(15)18;/h6-8,11,13H,2-5,9-10H2,1H3,(H,20,23);1H/b19-17-;. The van der Waals surface area contributed by atoms with Crippen molar-refractivity contribution in [2.45, 2.75) is 44.2 Å². The van der Waals surface area contributed by atoms with E-state index in [1.54, 1.807) is 11.8 Å². The Morgan fingerprint density at radius 3 is 2.81 bits per heavy atom. The molecule has 1 aliphatic carbocycles. The topological polar surface area (TPSA) is 87.8 Å². The molecule has 1 aromatic carbocycles. The van der Waals surface area contributed by atoms with Crippen LogP contribution in [0.25, 0.3) is 0 Å². The molecule has 0 radical (unpaired) electrons. The van der Waals surface area contributed by atoms with E-state index in [-0.39, 0.29) is 42.2 Å². The van der Waals surface area contributed by atoms with Gasteiger partial charge in [-0.2, -0.15) is 0 Å². The van der Waals surface area contributed by atoms with E-state index in [9.17, 15) is 19.3 Å². The summed E-state index contributed by atoms with van der Waals surface area (Å²) in [6, 6.07) is 3.44. The molecular formula is C17H22ClFN4O3S. The highest BCUT2D eigenvalue weighted by atomic mass is 35.5. The summed E-state index contributed by atoms with van der Waals surface area (Å²) in [6.45, 7) is 0. The molecule has 1 heterocycles. The van der Waals surface area contributed by atoms with E-state index in [4.69, 9.17) is 4.99 Å². The van der Waals surface area contributed by atoms with Gasteiger partial charge in [-0.25, -0.2) is 4.39 Å². The van der Waals surface area contributed by atoms with Crippen molar-refractivity contribution in [1.82, 2.24) is 4.90 Å². The molecule has 3 rings (SSSR count). The van der Waals surface area contributed by atoms with Crippen LogP contribution in [0.4, 0.5) is 15.8 Å². The Morgan fingerprint density at radius 2 is 2.15 bits per heavy atom. The number of halogens is 2.